The molecule has 1 aromatic rings. The number of carbonyl (C=O) groups excluding carboxylic acids is 1. The quantitative estimate of drug-likeness (QED) is 0.894. The molecule has 0 aromatic heterocycles. The minimum absolute atomic E-state index is 0.00861. The smallest absolute Gasteiger partial charge is 0.407 e. The lowest BCUT2D eigenvalue weighted by atomic mass is 9.86. The summed E-state index contributed by atoms with van der Waals surface area (Å²) in [6, 6.07) is 2.34. The lowest BCUT2D eigenvalue weighted by Crippen LogP contribution is -2.50. The van der Waals surface area contributed by atoms with Gasteiger partial charge in [0.15, 0.2) is 0 Å². The fourth-order valence-electron chi connectivity index (χ4n) is 2.30. The topological polar surface area (TPSA) is 50.4 Å². The Morgan fingerprint density at radius 2 is 1.82 bits per heavy atom. The zero-order chi connectivity index (χ0) is 16.5. The molecule has 0 unspecified atom stereocenters. The van der Waals surface area contributed by atoms with Crippen molar-refractivity contribution in [3.8, 4) is 0 Å². The van der Waals surface area contributed by atoms with Crippen LogP contribution in [0.5, 0.6) is 0 Å². The Morgan fingerprint density at radius 1 is 1.18 bits per heavy atom. The number of alkyl carbamates (subject to hydrolysis) is 1. The van der Waals surface area contributed by atoms with Gasteiger partial charge >= 0.3 is 6.09 Å². The molecule has 0 bridgehead atoms. The zero-order valence-corrected chi connectivity index (χ0v) is 13.3. The first-order chi connectivity index (χ1) is 10.1. The summed E-state index contributed by atoms with van der Waals surface area (Å²) in [4.78, 5) is 11.6. The minimum Gasteiger partial charge on any atom is -0.444 e. The lowest BCUT2D eigenvalue weighted by Gasteiger charge is -2.37. The van der Waals surface area contributed by atoms with E-state index in [1.165, 1.54) is 19.1 Å². The van der Waals surface area contributed by atoms with Crippen molar-refractivity contribution in [3.05, 3.63) is 29.3 Å². The Hall–Kier alpha value is -1.85. The summed E-state index contributed by atoms with van der Waals surface area (Å²) in [6.07, 6.45) is 0.839. The molecule has 1 aliphatic rings. The molecular weight excluding hydrogens is 290 g/mol. The van der Waals surface area contributed by atoms with Crippen LogP contribution in [0.2, 0.25) is 0 Å². The first kappa shape index (κ1) is 16.5. The Labute approximate surface area is 129 Å². The van der Waals surface area contributed by atoms with Crippen molar-refractivity contribution in [1.29, 1.82) is 0 Å². The van der Waals surface area contributed by atoms with E-state index in [1.807, 2.05) is 0 Å². The maximum absolute atomic E-state index is 13.7. The van der Waals surface area contributed by atoms with E-state index >= 15 is 0 Å². The second-order valence-corrected chi connectivity index (χ2v) is 6.74. The summed E-state index contributed by atoms with van der Waals surface area (Å²) in [5, 5.41) is 5.71. The first-order valence-electron chi connectivity index (χ1n) is 7.36. The van der Waals surface area contributed by atoms with Crippen molar-refractivity contribution < 1.29 is 18.3 Å². The van der Waals surface area contributed by atoms with E-state index in [4.69, 9.17) is 4.74 Å². The highest BCUT2D eigenvalue weighted by atomic mass is 19.1. The Kier molecular flexibility index (Phi) is 4.58. The second-order valence-electron chi connectivity index (χ2n) is 6.74. The van der Waals surface area contributed by atoms with E-state index in [1.54, 1.807) is 20.8 Å². The van der Waals surface area contributed by atoms with E-state index in [9.17, 15) is 13.6 Å². The Morgan fingerprint density at radius 3 is 2.41 bits per heavy atom. The number of ether oxygens (including phenoxy) is 1. The molecule has 0 radical (unpaired) electrons. The minimum atomic E-state index is -0.534. The average Bonchev–Trinajstić information content (AvgIpc) is 2.30. The van der Waals surface area contributed by atoms with Crippen molar-refractivity contribution in [2.24, 2.45) is 0 Å². The third-order valence-corrected chi connectivity index (χ3v) is 3.47. The Bertz CT molecular complexity index is 564. The molecule has 0 spiro atoms. The predicted octanol–water partition coefficient (Wildman–Crippen LogP) is 3.74. The molecule has 1 amide bonds. The van der Waals surface area contributed by atoms with Gasteiger partial charge in [-0.3, -0.25) is 0 Å². The van der Waals surface area contributed by atoms with Crippen molar-refractivity contribution in [1.82, 2.24) is 5.32 Å². The van der Waals surface area contributed by atoms with Gasteiger partial charge in [0.25, 0.3) is 0 Å². The van der Waals surface area contributed by atoms with Gasteiger partial charge in [-0.25, -0.2) is 13.6 Å². The van der Waals surface area contributed by atoms with Gasteiger partial charge in [-0.2, -0.15) is 0 Å². The van der Waals surface area contributed by atoms with Crippen LogP contribution in [0.15, 0.2) is 12.1 Å². The van der Waals surface area contributed by atoms with Gasteiger partial charge < -0.3 is 15.4 Å². The molecule has 1 aliphatic carbocycles. The number of nitrogens with one attached hydrogen (secondary N) is 2. The van der Waals surface area contributed by atoms with E-state index in [0.29, 0.717) is 12.8 Å². The largest absolute Gasteiger partial charge is 0.444 e. The van der Waals surface area contributed by atoms with E-state index in [-0.39, 0.29) is 23.3 Å². The first-order valence-corrected chi connectivity index (χ1v) is 7.36. The van der Waals surface area contributed by atoms with Crippen LogP contribution < -0.4 is 10.6 Å². The van der Waals surface area contributed by atoms with Gasteiger partial charge in [-0.1, -0.05) is 0 Å². The molecule has 22 heavy (non-hydrogen) atoms. The number of hydrogen-bond donors (Lipinski definition) is 2. The number of carbonyl (C=O) groups is 1. The van der Waals surface area contributed by atoms with Crippen LogP contribution in [0.4, 0.5) is 19.3 Å². The number of rotatable bonds is 3. The van der Waals surface area contributed by atoms with Gasteiger partial charge in [0.1, 0.15) is 17.2 Å². The van der Waals surface area contributed by atoms with Crippen LogP contribution in [0.3, 0.4) is 0 Å². The van der Waals surface area contributed by atoms with Crippen molar-refractivity contribution >= 4 is 11.8 Å². The molecule has 0 heterocycles. The van der Waals surface area contributed by atoms with Crippen LogP contribution in [-0.4, -0.2) is 23.8 Å². The number of anilines is 1. The van der Waals surface area contributed by atoms with Gasteiger partial charge in [0, 0.05) is 18.2 Å². The summed E-state index contributed by atoms with van der Waals surface area (Å²) < 4.78 is 32.3. The van der Waals surface area contributed by atoms with Gasteiger partial charge in [0.05, 0.1) is 5.69 Å². The molecule has 0 atom stereocenters. The van der Waals surface area contributed by atoms with E-state index in [0.717, 1.165) is 0 Å². The molecule has 4 nitrogen and oxygen atoms in total. The van der Waals surface area contributed by atoms with Crippen molar-refractivity contribution in [2.45, 2.75) is 58.2 Å². The predicted molar refractivity (Wildman–Crippen MR) is 80.9 cm³/mol. The molecular formula is C16H22F2N2O2. The average molecular weight is 312 g/mol. The monoisotopic (exact) mass is 312 g/mol. The standard InChI is InChI=1S/C16H22F2N2O2/c1-9-5-13(18)14(8-12(9)17)19-10-6-11(7-10)20-15(21)22-16(2,3)4/h5,8,10-11,19H,6-7H2,1-4H3,(H,20,21). The van der Waals surface area contributed by atoms with Crippen LogP contribution in [0, 0.1) is 18.6 Å². The highest BCUT2D eigenvalue weighted by molar-refractivity contribution is 5.68. The number of amides is 1. The summed E-state index contributed by atoms with van der Waals surface area (Å²) in [5.74, 6) is -0.908. The molecule has 1 saturated carbocycles. The molecule has 0 saturated heterocycles. The van der Waals surface area contributed by atoms with Crippen LogP contribution in [0.25, 0.3) is 0 Å². The second kappa shape index (κ2) is 6.10. The fourth-order valence-corrected chi connectivity index (χ4v) is 2.30. The van der Waals surface area contributed by atoms with Gasteiger partial charge in [-0.15, -0.1) is 0 Å². The molecule has 2 rings (SSSR count). The highest BCUT2D eigenvalue weighted by Gasteiger charge is 2.32. The SMILES string of the molecule is Cc1cc(F)c(NC2CC(NC(=O)OC(C)(C)C)C2)cc1F. The fraction of sp³-hybridized carbons (Fsp3) is 0.562. The number of halogens is 2. The summed E-state index contributed by atoms with van der Waals surface area (Å²) in [5.41, 5.74) is -0.0986. The highest BCUT2D eigenvalue weighted by Crippen LogP contribution is 2.27. The third-order valence-electron chi connectivity index (χ3n) is 3.47. The van der Waals surface area contributed by atoms with Crippen molar-refractivity contribution in [2.75, 3.05) is 5.32 Å². The zero-order valence-electron chi connectivity index (χ0n) is 13.3. The normalized spacial score (nSPS) is 21.0. The number of aryl methyl sites for hydroxylation is 1. The molecule has 2 N–H and O–H groups in total. The van der Waals surface area contributed by atoms with E-state index < -0.39 is 23.3 Å². The van der Waals surface area contributed by atoms with Crippen LogP contribution >= 0.6 is 0 Å². The summed E-state index contributed by atoms with van der Waals surface area (Å²) >= 11 is 0. The number of hydrogen-bond acceptors (Lipinski definition) is 3. The molecule has 6 heteroatoms. The van der Waals surface area contributed by atoms with E-state index in [2.05, 4.69) is 10.6 Å². The molecule has 1 fully saturated rings. The molecule has 0 aliphatic heterocycles. The van der Waals surface area contributed by atoms with Gasteiger partial charge in [-0.05, 0) is 52.2 Å². The van der Waals surface area contributed by atoms with Gasteiger partial charge in [0.2, 0.25) is 0 Å². The maximum Gasteiger partial charge on any atom is 0.407 e. The van der Waals surface area contributed by atoms with Crippen LogP contribution in [0.1, 0.15) is 39.2 Å². The van der Waals surface area contributed by atoms with Crippen molar-refractivity contribution in [3.63, 3.8) is 0 Å². The third kappa shape index (κ3) is 4.32. The Balaban J connectivity index is 1.80. The molecule has 1 aromatic carbocycles. The maximum atomic E-state index is 13.7. The van der Waals surface area contributed by atoms with Crippen LogP contribution in [-0.2, 0) is 4.74 Å². The summed E-state index contributed by atoms with van der Waals surface area (Å²) in [7, 11) is 0. The lowest BCUT2D eigenvalue weighted by molar-refractivity contribution is 0.0475. The number of benzene rings is 1. The summed E-state index contributed by atoms with van der Waals surface area (Å²) in [6.45, 7) is 6.91. The molecule has 122 valence electrons.